The molecule has 1 saturated heterocycles. The smallest absolute Gasteiger partial charge is 0.202 e. The summed E-state index contributed by atoms with van der Waals surface area (Å²) in [6, 6.07) is 0. The number of aromatic nitrogens is 2. The van der Waals surface area contributed by atoms with Crippen LogP contribution in [0.1, 0.15) is 39.4 Å². The maximum absolute atomic E-state index is 5.70. The van der Waals surface area contributed by atoms with E-state index in [-0.39, 0.29) is 5.41 Å². The van der Waals surface area contributed by atoms with Gasteiger partial charge in [-0.15, -0.1) is 0 Å². The van der Waals surface area contributed by atoms with E-state index in [1.54, 1.807) is 0 Å². The molecule has 5 nitrogen and oxygen atoms in total. The fourth-order valence-electron chi connectivity index (χ4n) is 1.76. The van der Waals surface area contributed by atoms with Crippen molar-refractivity contribution >= 4 is 16.7 Å². The Morgan fingerprint density at radius 3 is 2.95 bits per heavy atom. The lowest BCUT2D eigenvalue weighted by Gasteiger charge is -2.12. The van der Waals surface area contributed by atoms with Crippen LogP contribution in [0.15, 0.2) is 0 Å². The van der Waals surface area contributed by atoms with Crippen LogP contribution in [0, 0.1) is 0 Å². The zero-order valence-corrected chi connectivity index (χ0v) is 12.8. The summed E-state index contributed by atoms with van der Waals surface area (Å²) in [6.07, 6.45) is 2.30. The van der Waals surface area contributed by atoms with E-state index in [1.165, 1.54) is 11.5 Å². The van der Waals surface area contributed by atoms with E-state index in [2.05, 4.69) is 35.4 Å². The predicted octanol–water partition coefficient (Wildman–Crippen LogP) is 2.44. The fraction of sp³-hybridized carbons (Fsp3) is 0.846. The van der Waals surface area contributed by atoms with Crippen LogP contribution in [0.3, 0.4) is 0 Å². The molecule has 1 fully saturated rings. The Labute approximate surface area is 118 Å². The molecule has 1 N–H and O–H groups in total. The molecule has 2 rings (SSSR count). The third-order valence-electron chi connectivity index (χ3n) is 2.94. The van der Waals surface area contributed by atoms with Gasteiger partial charge in [0.2, 0.25) is 5.13 Å². The first-order chi connectivity index (χ1) is 9.05. The quantitative estimate of drug-likeness (QED) is 0.814. The topological polar surface area (TPSA) is 56.3 Å². The molecule has 1 atom stereocenters. The van der Waals surface area contributed by atoms with Gasteiger partial charge < -0.3 is 14.8 Å². The van der Waals surface area contributed by atoms with Gasteiger partial charge in [-0.3, -0.25) is 0 Å². The van der Waals surface area contributed by atoms with E-state index in [4.69, 9.17) is 9.47 Å². The van der Waals surface area contributed by atoms with Crippen LogP contribution >= 0.6 is 11.5 Å². The van der Waals surface area contributed by atoms with E-state index in [9.17, 15) is 0 Å². The number of nitrogens with zero attached hydrogens (tertiary/aromatic N) is 2. The second-order valence-corrected chi connectivity index (χ2v) is 6.56. The fourth-order valence-corrected chi connectivity index (χ4v) is 2.54. The molecule has 108 valence electrons. The molecular weight excluding hydrogens is 262 g/mol. The summed E-state index contributed by atoms with van der Waals surface area (Å²) >= 11 is 1.43. The van der Waals surface area contributed by atoms with Crippen molar-refractivity contribution < 1.29 is 9.47 Å². The summed E-state index contributed by atoms with van der Waals surface area (Å²) in [7, 11) is 0. The second kappa shape index (κ2) is 6.63. The Morgan fingerprint density at radius 1 is 1.47 bits per heavy atom. The Kier molecular flexibility index (Phi) is 5.13. The van der Waals surface area contributed by atoms with Gasteiger partial charge in [-0.05, 0) is 12.8 Å². The Bertz CT molecular complexity index is 383. The van der Waals surface area contributed by atoms with Gasteiger partial charge in [0.25, 0.3) is 0 Å². The lowest BCUT2D eigenvalue weighted by Crippen LogP contribution is -2.15. The molecule has 0 bridgehead atoms. The average Bonchev–Trinajstić information content (AvgIpc) is 2.97. The average molecular weight is 285 g/mol. The lowest BCUT2D eigenvalue weighted by atomic mass is 9.96. The van der Waals surface area contributed by atoms with Crippen LogP contribution < -0.4 is 5.32 Å². The second-order valence-electron chi connectivity index (χ2n) is 5.81. The van der Waals surface area contributed by atoms with Crippen molar-refractivity contribution in [3.05, 3.63) is 5.82 Å². The first-order valence-electron chi connectivity index (χ1n) is 6.83. The Balaban J connectivity index is 1.61. The van der Waals surface area contributed by atoms with Crippen LogP contribution in [0.2, 0.25) is 0 Å². The number of ether oxygens (including phenoxy) is 2. The molecule has 1 aromatic rings. The van der Waals surface area contributed by atoms with E-state index < -0.39 is 0 Å². The van der Waals surface area contributed by atoms with Crippen molar-refractivity contribution in [2.75, 3.05) is 31.7 Å². The summed E-state index contributed by atoms with van der Waals surface area (Å²) in [5.74, 6) is 0.902. The molecule has 0 aromatic carbocycles. The van der Waals surface area contributed by atoms with E-state index >= 15 is 0 Å². The molecule has 0 aliphatic carbocycles. The van der Waals surface area contributed by atoms with Gasteiger partial charge in [-0.25, -0.2) is 4.98 Å². The minimum absolute atomic E-state index is 0.0159. The molecule has 19 heavy (non-hydrogen) atoms. The van der Waals surface area contributed by atoms with E-state index in [1.807, 2.05) is 0 Å². The summed E-state index contributed by atoms with van der Waals surface area (Å²) in [5, 5.41) is 4.19. The van der Waals surface area contributed by atoms with Gasteiger partial charge in [-0.2, -0.15) is 4.37 Å². The summed E-state index contributed by atoms with van der Waals surface area (Å²) in [5.41, 5.74) is 0.0159. The Hall–Kier alpha value is -0.720. The number of nitrogens with one attached hydrogen (secondary N) is 1. The first kappa shape index (κ1) is 14.7. The number of hydrogen-bond donors (Lipinski definition) is 1. The van der Waals surface area contributed by atoms with Crippen molar-refractivity contribution in [1.29, 1.82) is 0 Å². The lowest BCUT2D eigenvalue weighted by molar-refractivity contribution is 0.0427. The van der Waals surface area contributed by atoms with Crippen LogP contribution in [-0.4, -0.2) is 41.8 Å². The largest absolute Gasteiger partial charge is 0.379 e. The molecule has 1 unspecified atom stereocenters. The highest BCUT2D eigenvalue weighted by Gasteiger charge is 2.19. The predicted molar refractivity (Wildman–Crippen MR) is 76.9 cm³/mol. The maximum Gasteiger partial charge on any atom is 0.202 e. The SMILES string of the molecule is CC(C)(C)c1nsc(NCCCOC2CCOC2)n1. The van der Waals surface area contributed by atoms with Crippen LogP contribution in [0.5, 0.6) is 0 Å². The van der Waals surface area contributed by atoms with Crippen molar-refractivity contribution in [3.63, 3.8) is 0 Å². The molecule has 6 heteroatoms. The minimum Gasteiger partial charge on any atom is -0.379 e. The van der Waals surface area contributed by atoms with Crippen molar-refractivity contribution in [1.82, 2.24) is 9.36 Å². The summed E-state index contributed by atoms with van der Waals surface area (Å²) in [4.78, 5) is 4.49. The molecule has 0 radical (unpaired) electrons. The van der Waals surface area contributed by atoms with Gasteiger partial charge in [0.05, 0.1) is 12.7 Å². The molecule has 1 aliphatic heterocycles. The van der Waals surface area contributed by atoms with Gasteiger partial charge in [0.15, 0.2) is 0 Å². The summed E-state index contributed by atoms with van der Waals surface area (Å²) in [6.45, 7) is 9.59. The molecule has 0 amide bonds. The van der Waals surface area contributed by atoms with Gasteiger partial charge in [-0.1, -0.05) is 20.8 Å². The third kappa shape index (κ3) is 4.71. The Morgan fingerprint density at radius 2 is 2.32 bits per heavy atom. The van der Waals surface area contributed by atoms with E-state index in [0.717, 1.165) is 50.2 Å². The van der Waals surface area contributed by atoms with Crippen molar-refractivity contribution in [3.8, 4) is 0 Å². The number of hydrogen-bond acceptors (Lipinski definition) is 6. The molecule has 1 aliphatic rings. The van der Waals surface area contributed by atoms with Crippen LogP contribution in [-0.2, 0) is 14.9 Å². The molecular formula is C13H23N3O2S. The van der Waals surface area contributed by atoms with Crippen molar-refractivity contribution in [2.45, 2.75) is 45.1 Å². The van der Waals surface area contributed by atoms with Crippen molar-refractivity contribution in [2.24, 2.45) is 0 Å². The highest BCUT2D eigenvalue weighted by molar-refractivity contribution is 7.09. The summed E-state index contributed by atoms with van der Waals surface area (Å²) < 4.78 is 15.3. The minimum atomic E-state index is 0.0159. The van der Waals surface area contributed by atoms with Crippen LogP contribution in [0.4, 0.5) is 5.13 Å². The molecule has 0 spiro atoms. The number of rotatable bonds is 6. The van der Waals surface area contributed by atoms with E-state index in [0.29, 0.717) is 6.10 Å². The van der Waals surface area contributed by atoms with Gasteiger partial charge in [0.1, 0.15) is 5.82 Å². The van der Waals surface area contributed by atoms with Crippen LogP contribution in [0.25, 0.3) is 0 Å². The highest BCUT2D eigenvalue weighted by atomic mass is 32.1. The number of anilines is 1. The molecule has 0 saturated carbocycles. The standard InChI is InChI=1S/C13H23N3O2S/c1-13(2,3)11-15-12(19-16-11)14-6-4-7-18-10-5-8-17-9-10/h10H,4-9H2,1-3H3,(H,14,15,16). The first-order valence-corrected chi connectivity index (χ1v) is 7.60. The zero-order valence-electron chi connectivity index (χ0n) is 11.9. The molecule has 1 aromatic heterocycles. The normalized spacial score (nSPS) is 19.8. The molecule has 2 heterocycles. The highest BCUT2D eigenvalue weighted by Crippen LogP contribution is 2.22. The van der Waals surface area contributed by atoms with Gasteiger partial charge in [0, 0.05) is 36.7 Å². The third-order valence-corrected chi connectivity index (χ3v) is 3.61. The monoisotopic (exact) mass is 285 g/mol. The van der Waals surface area contributed by atoms with Gasteiger partial charge >= 0.3 is 0 Å². The maximum atomic E-state index is 5.70. The zero-order chi connectivity index (χ0) is 13.7.